The molecule has 0 bridgehead atoms. The minimum absolute atomic E-state index is 0.108. The molecule has 0 spiro atoms. The summed E-state index contributed by atoms with van der Waals surface area (Å²) in [7, 11) is 0. The summed E-state index contributed by atoms with van der Waals surface area (Å²) in [5, 5.41) is 13.6. The van der Waals surface area contributed by atoms with Crippen molar-refractivity contribution in [2.45, 2.75) is 19.3 Å². The molecular weight excluding hydrogens is 197 g/mol. The van der Waals surface area contributed by atoms with E-state index in [-0.39, 0.29) is 18.3 Å². The van der Waals surface area contributed by atoms with E-state index in [1.807, 2.05) is 6.92 Å². The van der Waals surface area contributed by atoms with Gasteiger partial charge in [-0.3, -0.25) is 0 Å². The number of fused-ring (bicyclic) bond motifs is 1. The molecule has 0 aliphatic rings. The largest absolute Gasteiger partial charge is 0.396 e. The second kappa shape index (κ2) is 3.98. The lowest BCUT2D eigenvalue weighted by Crippen LogP contribution is -1.97. The fraction of sp³-hybridized carbons (Fsp3) is 0.364. The first-order valence-corrected chi connectivity index (χ1v) is 4.88. The van der Waals surface area contributed by atoms with Crippen molar-refractivity contribution in [3.63, 3.8) is 0 Å². The van der Waals surface area contributed by atoms with Gasteiger partial charge in [0.1, 0.15) is 5.82 Å². The van der Waals surface area contributed by atoms with Crippen LogP contribution in [-0.2, 0) is 0 Å². The van der Waals surface area contributed by atoms with Crippen molar-refractivity contribution in [1.29, 1.82) is 0 Å². The summed E-state index contributed by atoms with van der Waals surface area (Å²) in [5.74, 6) is -0.221. The molecule has 1 atom stereocenters. The lowest BCUT2D eigenvalue weighted by molar-refractivity contribution is 0.276. The fourth-order valence-electron chi connectivity index (χ4n) is 1.62. The molecule has 80 valence electrons. The number of hydrogen-bond acceptors (Lipinski definition) is 3. The molecule has 4 heteroatoms. The minimum Gasteiger partial charge on any atom is -0.396 e. The van der Waals surface area contributed by atoms with Crippen molar-refractivity contribution in [1.82, 2.24) is 5.16 Å². The molecular formula is C11H12FNO2. The average Bonchev–Trinajstić information content (AvgIpc) is 2.60. The molecule has 1 heterocycles. The van der Waals surface area contributed by atoms with Gasteiger partial charge in [0.15, 0.2) is 5.58 Å². The smallest absolute Gasteiger partial charge is 0.170 e. The number of benzene rings is 1. The standard InChI is InChI=1S/C11H12FNO2/c1-7(4-5-14)11-9-3-2-8(12)6-10(9)15-13-11/h2-3,6-7,14H,4-5H2,1H3. The minimum atomic E-state index is -0.333. The van der Waals surface area contributed by atoms with Crippen LogP contribution in [0.5, 0.6) is 0 Å². The van der Waals surface area contributed by atoms with E-state index in [2.05, 4.69) is 5.16 Å². The summed E-state index contributed by atoms with van der Waals surface area (Å²) in [6, 6.07) is 4.36. The average molecular weight is 209 g/mol. The Labute approximate surface area is 86.5 Å². The van der Waals surface area contributed by atoms with Crippen LogP contribution in [0.3, 0.4) is 0 Å². The summed E-state index contributed by atoms with van der Waals surface area (Å²) >= 11 is 0. The van der Waals surface area contributed by atoms with Crippen LogP contribution in [0.25, 0.3) is 11.0 Å². The number of aliphatic hydroxyl groups is 1. The highest BCUT2D eigenvalue weighted by Crippen LogP contribution is 2.27. The Balaban J connectivity index is 2.44. The van der Waals surface area contributed by atoms with Gasteiger partial charge in [-0.1, -0.05) is 12.1 Å². The van der Waals surface area contributed by atoms with Crippen molar-refractivity contribution in [3.05, 3.63) is 29.7 Å². The fourth-order valence-corrected chi connectivity index (χ4v) is 1.62. The van der Waals surface area contributed by atoms with E-state index in [1.54, 1.807) is 6.07 Å². The van der Waals surface area contributed by atoms with E-state index in [9.17, 15) is 4.39 Å². The zero-order valence-electron chi connectivity index (χ0n) is 8.40. The molecule has 1 aromatic carbocycles. The second-order valence-corrected chi connectivity index (χ2v) is 3.62. The predicted molar refractivity (Wildman–Crippen MR) is 54.1 cm³/mol. The molecule has 0 radical (unpaired) electrons. The van der Waals surface area contributed by atoms with E-state index < -0.39 is 0 Å². The Morgan fingerprint density at radius 2 is 2.33 bits per heavy atom. The van der Waals surface area contributed by atoms with Gasteiger partial charge < -0.3 is 9.63 Å². The number of halogens is 1. The molecule has 0 aliphatic heterocycles. The summed E-state index contributed by atoms with van der Waals surface area (Å²) in [6.45, 7) is 2.06. The molecule has 0 saturated heterocycles. The maximum absolute atomic E-state index is 12.9. The summed E-state index contributed by atoms with van der Waals surface area (Å²) in [6.07, 6.45) is 0.624. The van der Waals surface area contributed by atoms with E-state index >= 15 is 0 Å². The van der Waals surface area contributed by atoms with Crippen molar-refractivity contribution in [3.8, 4) is 0 Å². The topological polar surface area (TPSA) is 46.3 Å². The maximum atomic E-state index is 12.9. The van der Waals surface area contributed by atoms with E-state index in [4.69, 9.17) is 9.63 Å². The van der Waals surface area contributed by atoms with Crippen LogP contribution in [0.1, 0.15) is 25.0 Å². The maximum Gasteiger partial charge on any atom is 0.170 e. The van der Waals surface area contributed by atoms with Crippen molar-refractivity contribution >= 4 is 11.0 Å². The van der Waals surface area contributed by atoms with Gasteiger partial charge in [0.2, 0.25) is 0 Å². The first-order chi connectivity index (χ1) is 7.22. The third-order valence-corrected chi connectivity index (χ3v) is 2.49. The van der Waals surface area contributed by atoms with Gasteiger partial charge in [0, 0.05) is 24.0 Å². The molecule has 0 aliphatic carbocycles. The number of hydrogen-bond donors (Lipinski definition) is 1. The summed E-state index contributed by atoms with van der Waals surface area (Å²) in [5.41, 5.74) is 1.23. The van der Waals surface area contributed by atoms with Crippen LogP contribution in [0.2, 0.25) is 0 Å². The molecule has 0 amide bonds. The Morgan fingerprint density at radius 3 is 3.07 bits per heavy atom. The third kappa shape index (κ3) is 1.85. The molecule has 15 heavy (non-hydrogen) atoms. The number of nitrogens with zero attached hydrogens (tertiary/aromatic N) is 1. The van der Waals surface area contributed by atoms with Crippen LogP contribution < -0.4 is 0 Å². The zero-order valence-corrected chi connectivity index (χ0v) is 8.40. The van der Waals surface area contributed by atoms with E-state index in [0.717, 1.165) is 11.1 Å². The highest BCUT2D eigenvalue weighted by molar-refractivity contribution is 5.79. The van der Waals surface area contributed by atoms with Gasteiger partial charge in [-0.2, -0.15) is 0 Å². The number of aromatic nitrogens is 1. The Morgan fingerprint density at radius 1 is 1.53 bits per heavy atom. The van der Waals surface area contributed by atoms with Gasteiger partial charge in [0.25, 0.3) is 0 Å². The van der Waals surface area contributed by atoms with E-state index in [1.165, 1.54) is 12.1 Å². The van der Waals surface area contributed by atoms with Crippen LogP contribution in [-0.4, -0.2) is 16.9 Å². The van der Waals surface area contributed by atoms with Crippen LogP contribution >= 0.6 is 0 Å². The predicted octanol–water partition coefficient (Wildman–Crippen LogP) is 2.45. The summed E-state index contributed by atoms with van der Waals surface area (Å²) < 4.78 is 17.9. The lowest BCUT2D eigenvalue weighted by atomic mass is 10.0. The van der Waals surface area contributed by atoms with Gasteiger partial charge in [0.05, 0.1) is 5.69 Å². The lowest BCUT2D eigenvalue weighted by Gasteiger charge is -2.04. The first-order valence-electron chi connectivity index (χ1n) is 4.88. The summed E-state index contributed by atoms with van der Waals surface area (Å²) in [4.78, 5) is 0. The molecule has 1 unspecified atom stereocenters. The molecule has 0 fully saturated rings. The van der Waals surface area contributed by atoms with Crippen molar-refractivity contribution in [2.24, 2.45) is 0 Å². The monoisotopic (exact) mass is 209 g/mol. The molecule has 2 aromatic rings. The van der Waals surface area contributed by atoms with Crippen molar-refractivity contribution in [2.75, 3.05) is 6.61 Å². The molecule has 1 N–H and O–H groups in total. The van der Waals surface area contributed by atoms with Crippen molar-refractivity contribution < 1.29 is 14.0 Å². The van der Waals surface area contributed by atoms with Gasteiger partial charge in [-0.25, -0.2) is 4.39 Å². The second-order valence-electron chi connectivity index (χ2n) is 3.62. The van der Waals surface area contributed by atoms with Gasteiger partial charge >= 0.3 is 0 Å². The Kier molecular flexibility index (Phi) is 2.68. The molecule has 0 saturated carbocycles. The highest BCUT2D eigenvalue weighted by atomic mass is 19.1. The van der Waals surface area contributed by atoms with Gasteiger partial charge in [-0.15, -0.1) is 0 Å². The SMILES string of the molecule is CC(CCO)c1noc2cc(F)ccc12. The molecule has 2 rings (SSSR count). The van der Waals surface area contributed by atoms with Crippen LogP contribution in [0.15, 0.2) is 22.7 Å². The highest BCUT2D eigenvalue weighted by Gasteiger charge is 2.14. The molecule has 1 aromatic heterocycles. The molecule has 3 nitrogen and oxygen atoms in total. The normalized spacial score (nSPS) is 13.3. The number of rotatable bonds is 3. The Hall–Kier alpha value is -1.42. The van der Waals surface area contributed by atoms with Gasteiger partial charge in [-0.05, 0) is 18.6 Å². The third-order valence-electron chi connectivity index (χ3n) is 2.49. The van der Waals surface area contributed by atoms with Crippen LogP contribution in [0, 0.1) is 5.82 Å². The first kappa shape index (κ1) is 10.1. The van der Waals surface area contributed by atoms with Crippen LogP contribution in [0.4, 0.5) is 4.39 Å². The number of aliphatic hydroxyl groups excluding tert-OH is 1. The van der Waals surface area contributed by atoms with E-state index in [0.29, 0.717) is 12.0 Å². The Bertz CT molecular complexity index is 467. The quantitative estimate of drug-likeness (QED) is 0.844. The zero-order chi connectivity index (χ0) is 10.8.